The molecule has 1 aromatic carbocycles. The van der Waals surface area contributed by atoms with E-state index in [1.807, 2.05) is 45.0 Å². The van der Waals surface area contributed by atoms with Gasteiger partial charge in [0.25, 0.3) is 0 Å². The number of aliphatic hydroxyl groups excluding tert-OH is 1. The SMILES string of the molecule is B/C=C\C(=C/C)CCOc1cccc(C(C)O)c1. The number of hydrogen-bond acceptors (Lipinski definition) is 2. The van der Waals surface area contributed by atoms with Gasteiger partial charge in [-0.05, 0) is 31.5 Å². The van der Waals surface area contributed by atoms with E-state index >= 15 is 0 Å². The minimum absolute atomic E-state index is 0.456. The van der Waals surface area contributed by atoms with Crippen LogP contribution in [-0.4, -0.2) is 19.6 Å². The quantitative estimate of drug-likeness (QED) is 0.615. The first-order valence-electron chi connectivity index (χ1n) is 6.36. The molecule has 0 aliphatic heterocycles. The van der Waals surface area contributed by atoms with Gasteiger partial charge in [-0.1, -0.05) is 29.9 Å². The van der Waals surface area contributed by atoms with Crippen LogP contribution in [0.2, 0.25) is 0 Å². The van der Waals surface area contributed by atoms with E-state index in [1.165, 1.54) is 5.57 Å². The van der Waals surface area contributed by atoms with Gasteiger partial charge in [0.15, 0.2) is 0 Å². The summed E-state index contributed by atoms with van der Waals surface area (Å²) in [5.41, 5.74) is 2.15. The Morgan fingerprint density at radius 3 is 2.89 bits per heavy atom. The summed E-state index contributed by atoms with van der Waals surface area (Å²) < 4.78 is 5.69. The largest absolute Gasteiger partial charge is 0.493 e. The van der Waals surface area contributed by atoms with Crippen LogP contribution in [0.3, 0.4) is 0 Å². The number of ether oxygens (including phenoxy) is 1. The van der Waals surface area contributed by atoms with E-state index in [1.54, 1.807) is 6.92 Å². The van der Waals surface area contributed by atoms with Crippen LogP contribution in [-0.2, 0) is 0 Å². The van der Waals surface area contributed by atoms with Crippen molar-refractivity contribution in [2.24, 2.45) is 0 Å². The standard InChI is InChI=1S/C15H21BO2/c1-3-13(7-9-16)8-10-18-15-6-4-5-14(11-15)12(2)17/h3-7,9,11-12,17H,8,10,16H2,1-2H3/b9-7-,13-3+. The van der Waals surface area contributed by atoms with Crippen molar-refractivity contribution in [1.29, 1.82) is 0 Å². The lowest BCUT2D eigenvalue weighted by Gasteiger charge is -2.09. The maximum atomic E-state index is 9.50. The lowest BCUT2D eigenvalue weighted by atomic mass is 10.1. The monoisotopic (exact) mass is 244 g/mol. The molecule has 0 amide bonds. The van der Waals surface area contributed by atoms with Crippen LogP contribution in [0.5, 0.6) is 5.75 Å². The van der Waals surface area contributed by atoms with Gasteiger partial charge in [-0.25, -0.2) is 0 Å². The molecule has 0 saturated carbocycles. The second kappa shape index (κ2) is 7.77. The summed E-state index contributed by atoms with van der Waals surface area (Å²) in [5, 5.41) is 9.50. The van der Waals surface area contributed by atoms with E-state index in [9.17, 15) is 5.11 Å². The Labute approximate surface area is 110 Å². The average molecular weight is 244 g/mol. The molecule has 96 valence electrons. The molecule has 0 spiro atoms. The zero-order valence-electron chi connectivity index (χ0n) is 11.4. The lowest BCUT2D eigenvalue weighted by molar-refractivity contribution is 0.198. The second-order valence-electron chi connectivity index (χ2n) is 4.21. The molecule has 0 aliphatic rings. The highest BCUT2D eigenvalue weighted by Crippen LogP contribution is 2.19. The van der Waals surface area contributed by atoms with Crippen LogP contribution in [0.1, 0.15) is 31.9 Å². The first-order chi connectivity index (χ1) is 8.67. The van der Waals surface area contributed by atoms with Crippen LogP contribution >= 0.6 is 0 Å². The van der Waals surface area contributed by atoms with Gasteiger partial charge in [-0.15, -0.1) is 5.98 Å². The fraction of sp³-hybridized carbons (Fsp3) is 0.333. The molecule has 0 bridgehead atoms. The molecule has 1 atom stereocenters. The first-order valence-corrected chi connectivity index (χ1v) is 6.36. The van der Waals surface area contributed by atoms with E-state index in [0.717, 1.165) is 17.7 Å². The van der Waals surface area contributed by atoms with Crippen molar-refractivity contribution in [3.05, 3.63) is 53.5 Å². The molecule has 1 rings (SSSR count). The van der Waals surface area contributed by atoms with Crippen molar-refractivity contribution >= 4 is 7.85 Å². The van der Waals surface area contributed by atoms with E-state index in [4.69, 9.17) is 4.74 Å². The lowest BCUT2D eigenvalue weighted by Crippen LogP contribution is -1.99. The maximum absolute atomic E-state index is 9.50. The van der Waals surface area contributed by atoms with Crippen LogP contribution < -0.4 is 4.74 Å². The zero-order chi connectivity index (χ0) is 13.4. The molecule has 3 heteroatoms. The van der Waals surface area contributed by atoms with Gasteiger partial charge in [0, 0.05) is 6.42 Å². The zero-order valence-corrected chi connectivity index (χ0v) is 11.4. The summed E-state index contributed by atoms with van der Waals surface area (Å²) in [6.07, 6.45) is 4.62. The van der Waals surface area contributed by atoms with Crippen LogP contribution in [0.4, 0.5) is 0 Å². The molecule has 1 unspecified atom stereocenters. The fourth-order valence-corrected chi connectivity index (χ4v) is 1.69. The molecule has 0 saturated heterocycles. The molecule has 0 heterocycles. The van der Waals surface area contributed by atoms with Crippen molar-refractivity contribution in [3.8, 4) is 5.75 Å². The summed E-state index contributed by atoms with van der Waals surface area (Å²) in [4.78, 5) is 0. The molecular weight excluding hydrogens is 223 g/mol. The molecular formula is C15H21BO2. The molecule has 0 aromatic heterocycles. The number of hydrogen-bond donors (Lipinski definition) is 1. The maximum Gasteiger partial charge on any atom is 0.129 e. The number of allylic oxidation sites excluding steroid dienone is 2. The summed E-state index contributed by atoms with van der Waals surface area (Å²) in [6.45, 7) is 4.43. The van der Waals surface area contributed by atoms with E-state index in [2.05, 4.69) is 12.2 Å². The van der Waals surface area contributed by atoms with Gasteiger partial charge in [0.05, 0.1) is 12.7 Å². The minimum atomic E-state index is -0.456. The smallest absolute Gasteiger partial charge is 0.129 e. The topological polar surface area (TPSA) is 29.5 Å². The van der Waals surface area contributed by atoms with E-state index in [0.29, 0.717) is 6.61 Å². The Morgan fingerprint density at radius 1 is 1.50 bits per heavy atom. The van der Waals surface area contributed by atoms with E-state index < -0.39 is 6.10 Å². The van der Waals surface area contributed by atoms with E-state index in [-0.39, 0.29) is 0 Å². The predicted molar refractivity (Wildman–Crippen MR) is 78.6 cm³/mol. The summed E-state index contributed by atoms with van der Waals surface area (Å²) in [5.74, 6) is 2.84. The van der Waals surface area contributed by atoms with Gasteiger partial charge in [0.1, 0.15) is 13.6 Å². The molecule has 2 nitrogen and oxygen atoms in total. The summed E-state index contributed by atoms with van der Waals surface area (Å²) in [7, 11) is 2.01. The van der Waals surface area contributed by atoms with Gasteiger partial charge in [0.2, 0.25) is 0 Å². The predicted octanol–water partition coefficient (Wildman–Crippen LogP) is 2.60. The van der Waals surface area contributed by atoms with Gasteiger partial charge < -0.3 is 9.84 Å². The molecule has 1 N–H and O–H groups in total. The third-order valence-corrected chi connectivity index (χ3v) is 2.75. The highest BCUT2D eigenvalue weighted by molar-refractivity contribution is 6.17. The van der Waals surface area contributed by atoms with Crippen LogP contribution in [0.25, 0.3) is 0 Å². The third kappa shape index (κ3) is 4.80. The summed E-state index contributed by atoms with van der Waals surface area (Å²) >= 11 is 0. The minimum Gasteiger partial charge on any atom is -0.493 e. The second-order valence-corrected chi connectivity index (χ2v) is 4.21. The highest BCUT2D eigenvalue weighted by atomic mass is 16.5. The Balaban J connectivity index is 2.51. The Kier molecular flexibility index (Phi) is 6.30. The van der Waals surface area contributed by atoms with Crippen molar-refractivity contribution in [2.75, 3.05) is 6.61 Å². The van der Waals surface area contributed by atoms with Crippen LogP contribution in [0.15, 0.2) is 48.0 Å². The Morgan fingerprint density at radius 2 is 2.28 bits per heavy atom. The van der Waals surface area contributed by atoms with Gasteiger partial charge in [-0.2, -0.15) is 0 Å². The molecule has 18 heavy (non-hydrogen) atoms. The first kappa shape index (κ1) is 14.6. The molecule has 0 radical (unpaired) electrons. The normalized spacial score (nSPS) is 13.8. The Bertz CT molecular complexity index is 422. The van der Waals surface area contributed by atoms with Crippen LogP contribution in [0, 0.1) is 0 Å². The Hall–Kier alpha value is -1.48. The van der Waals surface area contributed by atoms with Gasteiger partial charge in [-0.3, -0.25) is 0 Å². The number of aliphatic hydroxyl groups is 1. The third-order valence-electron chi connectivity index (χ3n) is 2.75. The average Bonchev–Trinajstić information content (AvgIpc) is 2.38. The van der Waals surface area contributed by atoms with Crippen molar-refractivity contribution < 1.29 is 9.84 Å². The number of rotatable bonds is 6. The molecule has 0 aliphatic carbocycles. The van der Waals surface area contributed by atoms with Crippen molar-refractivity contribution in [2.45, 2.75) is 26.4 Å². The molecule has 0 fully saturated rings. The van der Waals surface area contributed by atoms with Gasteiger partial charge >= 0.3 is 0 Å². The fourth-order valence-electron chi connectivity index (χ4n) is 1.69. The number of benzene rings is 1. The van der Waals surface area contributed by atoms with Crippen molar-refractivity contribution in [1.82, 2.24) is 0 Å². The van der Waals surface area contributed by atoms with Crippen molar-refractivity contribution in [3.63, 3.8) is 0 Å². The summed E-state index contributed by atoms with van der Waals surface area (Å²) in [6, 6.07) is 7.60. The highest BCUT2D eigenvalue weighted by Gasteiger charge is 2.02. The molecule has 1 aromatic rings.